The lowest BCUT2D eigenvalue weighted by Gasteiger charge is -2.02. The quantitative estimate of drug-likeness (QED) is 0.641. The van der Waals surface area contributed by atoms with Crippen molar-refractivity contribution in [3.63, 3.8) is 0 Å². The fourth-order valence-electron chi connectivity index (χ4n) is 1.84. The molecule has 4 nitrogen and oxygen atoms in total. The Hall–Kier alpha value is -2.01. The van der Waals surface area contributed by atoms with E-state index in [4.69, 9.17) is 0 Å². The Kier molecular flexibility index (Phi) is 4.29. The molecule has 0 aliphatic rings. The molecule has 0 bridgehead atoms. The number of methoxy groups -OCH3 is 1. The molecular formula is C15H15NO3S. The highest BCUT2D eigenvalue weighted by Crippen LogP contribution is 2.22. The van der Waals surface area contributed by atoms with Gasteiger partial charge in [-0.2, -0.15) is 0 Å². The smallest absolute Gasteiger partial charge is 0.358 e. The Morgan fingerprint density at radius 1 is 1.25 bits per heavy atom. The predicted molar refractivity (Wildman–Crippen MR) is 77.4 cm³/mol. The summed E-state index contributed by atoms with van der Waals surface area (Å²) >= 11 is 1.21. The normalized spacial score (nSPS) is 10.3. The van der Waals surface area contributed by atoms with E-state index in [1.807, 2.05) is 12.1 Å². The summed E-state index contributed by atoms with van der Waals surface area (Å²) in [5.41, 5.74) is 1.81. The maximum Gasteiger partial charge on any atom is 0.358 e. The standard InChI is InChI=1S/C15H15NO3S/c1-4-10-5-7-11(8-6-10)13(17)14-12(15(18)19-3)16-9(2)20-14/h5-8H,4H2,1-3H3. The largest absolute Gasteiger partial charge is 0.464 e. The second kappa shape index (κ2) is 5.96. The summed E-state index contributed by atoms with van der Waals surface area (Å²) in [6.45, 7) is 3.81. The van der Waals surface area contributed by atoms with Gasteiger partial charge in [-0.05, 0) is 18.9 Å². The molecule has 0 aliphatic heterocycles. The number of benzene rings is 1. The zero-order valence-corrected chi connectivity index (χ0v) is 12.4. The third-order valence-corrected chi connectivity index (χ3v) is 3.91. The van der Waals surface area contributed by atoms with Gasteiger partial charge in [0.05, 0.1) is 12.1 Å². The Morgan fingerprint density at radius 2 is 1.90 bits per heavy atom. The first-order chi connectivity index (χ1) is 9.56. The lowest BCUT2D eigenvalue weighted by Crippen LogP contribution is -2.09. The molecule has 0 atom stereocenters. The summed E-state index contributed by atoms with van der Waals surface area (Å²) in [7, 11) is 1.28. The van der Waals surface area contributed by atoms with Gasteiger partial charge in [-0.1, -0.05) is 31.2 Å². The van der Waals surface area contributed by atoms with E-state index in [0.29, 0.717) is 15.4 Å². The molecule has 2 aromatic rings. The number of esters is 1. The van der Waals surface area contributed by atoms with E-state index in [1.165, 1.54) is 18.4 Å². The number of carbonyl (C=O) groups is 2. The van der Waals surface area contributed by atoms with Gasteiger partial charge in [0.2, 0.25) is 5.78 Å². The first-order valence-corrected chi connectivity index (χ1v) is 7.07. The highest BCUT2D eigenvalue weighted by atomic mass is 32.1. The van der Waals surface area contributed by atoms with Gasteiger partial charge >= 0.3 is 5.97 Å². The molecule has 0 amide bonds. The van der Waals surface area contributed by atoms with E-state index in [2.05, 4.69) is 16.6 Å². The van der Waals surface area contributed by atoms with E-state index in [1.54, 1.807) is 19.1 Å². The molecule has 0 saturated carbocycles. The number of rotatable bonds is 4. The molecule has 1 aromatic carbocycles. The van der Waals surface area contributed by atoms with Crippen molar-refractivity contribution in [2.45, 2.75) is 20.3 Å². The molecule has 0 radical (unpaired) electrons. The molecule has 0 unspecified atom stereocenters. The highest BCUT2D eigenvalue weighted by Gasteiger charge is 2.23. The van der Waals surface area contributed by atoms with E-state index in [0.717, 1.165) is 12.0 Å². The molecule has 20 heavy (non-hydrogen) atoms. The monoisotopic (exact) mass is 289 g/mol. The van der Waals surface area contributed by atoms with Crippen LogP contribution in [0.2, 0.25) is 0 Å². The van der Waals surface area contributed by atoms with Crippen LogP contribution in [-0.4, -0.2) is 23.8 Å². The number of ketones is 1. The molecule has 1 aromatic heterocycles. The molecule has 0 aliphatic carbocycles. The lowest BCUT2D eigenvalue weighted by atomic mass is 10.1. The van der Waals surface area contributed by atoms with Crippen LogP contribution < -0.4 is 0 Å². The van der Waals surface area contributed by atoms with Gasteiger partial charge in [0.1, 0.15) is 4.88 Å². The van der Waals surface area contributed by atoms with Gasteiger partial charge in [0.15, 0.2) is 5.69 Å². The Morgan fingerprint density at radius 3 is 2.45 bits per heavy atom. The number of nitrogens with zero attached hydrogens (tertiary/aromatic N) is 1. The van der Waals surface area contributed by atoms with Crippen molar-refractivity contribution in [1.29, 1.82) is 0 Å². The van der Waals surface area contributed by atoms with Crippen LogP contribution in [0.25, 0.3) is 0 Å². The fourth-order valence-corrected chi connectivity index (χ4v) is 2.71. The number of ether oxygens (including phenoxy) is 1. The molecular weight excluding hydrogens is 274 g/mol. The Balaban J connectivity index is 2.39. The number of hydrogen-bond donors (Lipinski definition) is 0. The minimum Gasteiger partial charge on any atom is -0.464 e. The van der Waals surface area contributed by atoms with Crippen LogP contribution in [0.5, 0.6) is 0 Å². The van der Waals surface area contributed by atoms with Crippen LogP contribution in [0.3, 0.4) is 0 Å². The van der Waals surface area contributed by atoms with E-state index in [-0.39, 0.29) is 11.5 Å². The van der Waals surface area contributed by atoms with Gasteiger partial charge in [0, 0.05) is 5.56 Å². The van der Waals surface area contributed by atoms with E-state index in [9.17, 15) is 9.59 Å². The average Bonchev–Trinajstić information content (AvgIpc) is 2.87. The van der Waals surface area contributed by atoms with Crippen molar-refractivity contribution in [3.05, 3.63) is 51.0 Å². The number of carbonyl (C=O) groups excluding carboxylic acids is 2. The molecule has 0 spiro atoms. The molecule has 5 heteroatoms. The minimum atomic E-state index is -0.581. The number of aromatic nitrogens is 1. The molecule has 2 rings (SSSR count). The second-order valence-corrected chi connectivity index (χ2v) is 5.48. The highest BCUT2D eigenvalue weighted by molar-refractivity contribution is 7.14. The minimum absolute atomic E-state index is 0.0968. The summed E-state index contributed by atoms with van der Waals surface area (Å²) in [6, 6.07) is 7.38. The van der Waals surface area contributed by atoms with Gasteiger partial charge < -0.3 is 4.74 Å². The zero-order chi connectivity index (χ0) is 14.7. The lowest BCUT2D eigenvalue weighted by molar-refractivity contribution is 0.0591. The first kappa shape index (κ1) is 14.4. The Labute approximate surface area is 121 Å². The molecule has 0 fully saturated rings. The SMILES string of the molecule is CCc1ccc(C(=O)c2sc(C)nc2C(=O)OC)cc1. The van der Waals surface area contributed by atoms with Crippen LogP contribution in [0.1, 0.15) is 43.2 Å². The third kappa shape index (κ3) is 2.77. The van der Waals surface area contributed by atoms with Crippen LogP contribution in [-0.2, 0) is 11.2 Å². The van der Waals surface area contributed by atoms with Crippen molar-refractivity contribution in [3.8, 4) is 0 Å². The molecule has 0 N–H and O–H groups in total. The summed E-state index contributed by atoms with van der Waals surface area (Å²) < 4.78 is 4.67. The summed E-state index contributed by atoms with van der Waals surface area (Å²) in [5.74, 6) is -0.776. The first-order valence-electron chi connectivity index (χ1n) is 6.26. The number of aryl methyl sites for hydroxylation is 2. The van der Waals surface area contributed by atoms with Crippen LogP contribution in [0.15, 0.2) is 24.3 Å². The van der Waals surface area contributed by atoms with Crippen molar-refractivity contribution >= 4 is 23.1 Å². The molecule has 0 saturated heterocycles. The zero-order valence-electron chi connectivity index (χ0n) is 11.6. The molecule has 1 heterocycles. The predicted octanol–water partition coefficient (Wildman–Crippen LogP) is 3.03. The van der Waals surface area contributed by atoms with E-state index < -0.39 is 5.97 Å². The number of thiazole rings is 1. The second-order valence-electron chi connectivity index (χ2n) is 4.28. The van der Waals surface area contributed by atoms with Gasteiger partial charge in [-0.15, -0.1) is 11.3 Å². The van der Waals surface area contributed by atoms with Crippen molar-refractivity contribution in [2.75, 3.05) is 7.11 Å². The maximum atomic E-state index is 12.5. The average molecular weight is 289 g/mol. The van der Waals surface area contributed by atoms with Gasteiger partial charge in [0.25, 0.3) is 0 Å². The summed E-state index contributed by atoms with van der Waals surface area (Å²) in [4.78, 5) is 28.5. The van der Waals surface area contributed by atoms with Crippen LogP contribution in [0.4, 0.5) is 0 Å². The van der Waals surface area contributed by atoms with Crippen LogP contribution >= 0.6 is 11.3 Å². The van der Waals surface area contributed by atoms with E-state index >= 15 is 0 Å². The van der Waals surface area contributed by atoms with Crippen molar-refractivity contribution in [2.24, 2.45) is 0 Å². The summed E-state index contributed by atoms with van der Waals surface area (Å²) in [6.07, 6.45) is 0.918. The van der Waals surface area contributed by atoms with Gasteiger partial charge in [-0.3, -0.25) is 4.79 Å². The summed E-state index contributed by atoms with van der Waals surface area (Å²) in [5, 5.41) is 0.666. The van der Waals surface area contributed by atoms with Crippen molar-refractivity contribution in [1.82, 2.24) is 4.98 Å². The molecule has 104 valence electrons. The maximum absolute atomic E-state index is 12.5. The van der Waals surface area contributed by atoms with Gasteiger partial charge in [-0.25, -0.2) is 9.78 Å². The number of hydrogen-bond acceptors (Lipinski definition) is 5. The van der Waals surface area contributed by atoms with Crippen LogP contribution in [0, 0.1) is 6.92 Å². The topological polar surface area (TPSA) is 56.3 Å². The Bertz CT molecular complexity index is 644. The van der Waals surface area contributed by atoms with Crippen molar-refractivity contribution < 1.29 is 14.3 Å². The fraction of sp³-hybridized carbons (Fsp3) is 0.267. The third-order valence-electron chi connectivity index (χ3n) is 2.94.